The van der Waals surface area contributed by atoms with Gasteiger partial charge in [0.05, 0.1) is 17.9 Å². The minimum atomic E-state index is 0.00546. The maximum absolute atomic E-state index is 12.4. The van der Waals surface area contributed by atoms with Crippen LogP contribution >= 0.6 is 0 Å². The van der Waals surface area contributed by atoms with E-state index in [0.29, 0.717) is 12.5 Å². The van der Waals surface area contributed by atoms with Crippen LogP contribution in [0.2, 0.25) is 0 Å². The van der Waals surface area contributed by atoms with Crippen LogP contribution in [0.3, 0.4) is 0 Å². The van der Waals surface area contributed by atoms with Crippen LogP contribution in [-0.4, -0.2) is 25.8 Å². The van der Waals surface area contributed by atoms with Gasteiger partial charge >= 0.3 is 0 Å². The maximum Gasteiger partial charge on any atom is 0.223 e. The number of fused-ring (bicyclic) bond motifs is 1. The Balaban J connectivity index is 1.60. The number of carbonyl (C=O) groups is 1. The average Bonchev–Trinajstić information content (AvgIpc) is 2.96. The summed E-state index contributed by atoms with van der Waals surface area (Å²) in [4.78, 5) is 28.8. The number of amides is 1. The molecule has 0 fully saturated rings. The lowest BCUT2D eigenvalue weighted by Crippen LogP contribution is -2.34. The van der Waals surface area contributed by atoms with E-state index in [1.165, 1.54) is 0 Å². The number of aryl methyl sites for hydroxylation is 2. The van der Waals surface area contributed by atoms with Gasteiger partial charge in [0.25, 0.3) is 0 Å². The number of hydrogen-bond acceptors (Lipinski definition) is 4. The molecule has 6 heteroatoms. The molecule has 0 spiro atoms. The fraction of sp³-hybridized carbons (Fsp3) is 0.529. The number of nitrogens with zero attached hydrogens (tertiary/aromatic N) is 3. The second-order valence-corrected chi connectivity index (χ2v) is 6.45. The highest BCUT2D eigenvalue weighted by Gasteiger charge is 2.27. The minimum Gasteiger partial charge on any atom is -0.350 e. The predicted octanol–water partition coefficient (Wildman–Crippen LogP) is 2.05. The van der Waals surface area contributed by atoms with Crippen molar-refractivity contribution in [2.24, 2.45) is 5.92 Å². The average molecular weight is 313 g/mol. The normalized spacial score (nSPS) is 17.1. The van der Waals surface area contributed by atoms with Crippen LogP contribution in [0.4, 0.5) is 0 Å². The van der Waals surface area contributed by atoms with Gasteiger partial charge in [-0.3, -0.25) is 4.79 Å². The largest absolute Gasteiger partial charge is 0.350 e. The van der Waals surface area contributed by atoms with Crippen molar-refractivity contribution >= 4 is 5.91 Å². The molecule has 2 aromatic rings. The van der Waals surface area contributed by atoms with Gasteiger partial charge in [-0.25, -0.2) is 15.0 Å². The van der Waals surface area contributed by atoms with Crippen molar-refractivity contribution in [1.29, 1.82) is 0 Å². The highest BCUT2D eigenvalue weighted by atomic mass is 16.1. The minimum absolute atomic E-state index is 0.00546. The molecule has 2 heterocycles. The van der Waals surface area contributed by atoms with E-state index in [-0.39, 0.29) is 11.8 Å². The molecule has 1 amide bonds. The Morgan fingerprint density at radius 1 is 1.43 bits per heavy atom. The first kappa shape index (κ1) is 15.6. The van der Waals surface area contributed by atoms with E-state index >= 15 is 0 Å². The number of aromatic amines is 1. The molecule has 1 atom stereocenters. The third-order valence-corrected chi connectivity index (χ3v) is 4.26. The van der Waals surface area contributed by atoms with Crippen LogP contribution in [0.25, 0.3) is 0 Å². The summed E-state index contributed by atoms with van der Waals surface area (Å²) in [5.74, 6) is 2.22. The predicted molar refractivity (Wildman–Crippen MR) is 86.8 cm³/mol. The lowest BCUT2D eigenvalue weighted by molar-refractivity contribution is -0.125. The molecule has 1 aliphatic rings. The molecule has 23 heavy (non-hydrogen) atoms. The molecule has 0 saturated heterocycles. The first-order valence-electron chi connectivity index (χ1n) is 8.17. The fourth-order valence-corrected chi connectivity index (χ4v) is 2.93. The molecule has 6 nitrogen and oxygen atoms in total. The van der Waals surface area contributed by atoms with E-state index in [4.69, 9.17) is 0 Å². The zero-order valence-corrected chi connectivity index (χ0v) is 13.9. The summed E-state index contributed by atoms with van der Waals surface area (Å²) in [5.41, 5.74) is 3.09. The maximum atomic E-state index is 12.4. The van der Waals surface area contributed by atoms with E-state index in [0.717, 1.165) is 48.0 Å². The van der Waals surface area contributed by atoms with Crippen LogP contribution in [-0.2, 0) is 24.2 Å². The van der Waals surface area contributed by atoms with Gasteiger partial charge in [-0.2, -0.15) is 0 Å². The van der Waals surface area contributed by atoms with Gasteiger partial charge in [0.1, 0.15) is 11.6 Å². The molecule has 0 unspecified atom stereocenters. The summed E-state index contributed by atoms with van der Waals surface area (Å²) in [6.07, 6.45) is 4.17. The van der Waals surface area contributed by atoms with Gasteiger partial charge in [-0.15, -0.1) is 0 Å². The van der Waals surface area contributed by atoms with Crippen molar-refractivity contribution in [3.63, 3.8) is 0 Å². The van der Waals surface area contributed by atoms with Gasteiger partial charge in [0.2, 0.25) is 5.91 Å². The second kappa shape index (κ2) is 6.48. The summed E-state index contributed by atoms with van der Waals surface area (Å²) >= 11 is 0. The highest BCUT2D eigenvalue weighted by Crippen LogP contribution is 2.26. The number of H-pyrrole nitrogens is 1. The Morgan fingerprint density at radius 3 is 3.00 bits per heavy atom. The van der Waals surface area contributed by atoms with Gasteiger partial charge in [0, 0.05) is 30.1 Å². The Kier molecular flexibility index (Phi) is 4.41. The van der Waals surface area contributed by atoms with E-state index in [1.807, 2.05) is 13.0 Å². The smallest absolute Gasteiger partial charge is 0.223 e. The SMILES string of the molecule is Cc1nccc(CNC(=O)[C@H]2CCc3nc(C(C)C)[nH]c3C2)n1. The summed E-state index contributed by atoms with van der Waals surface area (Å²) in [5, 5.41) is 2.99. The zero-order valence-electron chi connectivity index (χ0n) is 13.9. The Bertz CT molecular complexity index is 707. The summed E-state index contributed by atoms with van der Waals surface area (Å²) in [6.45, 7) is 6.54. The van der Waals surface area contributed by atoms with Crippen molar-refractivity contribution < 1.29 is 4.79 Å². The topological polar surface area (TPSA) is 83.6 Å². The fourth-order valence-electron chi connectivity index (χ4n) is 2.93. The molecular formula is C17H23N5O. The van der Waals surface area contributed by atoms with Gasteiger partial charge in [-0.1, -0.05) is 13.8 Å². The molecule has 0 aromatic carbocycles. The number of imidazole rings is 1. The van der Waals surface area contributed by atoms with Crippen LogP contribution in [0, 0.1) is 12.8 Å². The molecular weight excluding hydrogens is 290 g/mol. The third-order valence-electron chi connectivity index (χ3n) is 4.26. The van der Waals surface area contributed by atoms with Crippen molar-refractivity contribution in [3.8, 4) is 0 Å². The van der Waals surface area contributed by atoms with Crippen molar-refractivity contribution in [3.05, 3.63) is 41.0 Å². The molecule has 122 valence electrons. The van der Waals surface area contributed by atoms with Gasteiger partial charge < -0.3 is 10.3 Å². The van der Waals surface area contributed by atoms with Crippen molar-refractivity contribution in [2.45, 2.75) is 52.5 Å². The van der Waals surface area contributed by atoms with E-state index < -0.39 is 0 Å². The second-order valence-electron chi connectivity index (χ2n) is 6.45. The molecule has 0 radical (unpaired) electrons. The number of nitrogens with one attached hydrogen (secondary N) is 2. The van der Waals surface area contributed by atoms with Crippen molar-refractivity contribution in [1.82, 2.24) is 25.3 Å². The van der Waals surface area contributed by atoms with Crippen LogP contribution in [0.1, 0.15) is 54.9 Å². The molecule has 0 saturated carbocycles. The van der Waals surface area contributed by atoms with E-state index in [1.54, 1.807) is 6.20 Å². The van der Waals surface area contributed by atoms with Gasteiger partial charge in [-0.05, 0) is 25.8 Å². The first-order valence-corrected chi connectivity index (χ1v) is 8.17. The molecule has 2 aromatic heterocycles. The van der Waals surface area contributed by atoms with Crippen LogP contribution in [0.15, 0.2) is 12.3 Å². The zero-order chi connectivity index (χ0) is 16.4. The third kappa shape index (κ3) is 3.57. The van der Waals surface area contributed by atoms with E-state index in [9.17, 15) is 4.79 Å². The van der Waals surface area contributed by atoms with Crippen LogP contribution < -0.4 is 5.32 Å². The number of aromatic nitrogens is 4. The Labute approximate surface area is 136 Å². The standard InChI is InChI=1S/C17H23N5O/c1-10(2)16-21-14-5-4-12(8-15(14)22-16)17(23)19-9-13-6-7-18-11(3)20-13/h6-7,10,12H,4-5,8-9H2,1-3H3,(H,19,23)(H,21,22)/t12-/m0/s1. The Hall–Kier alpha value is -2.24. The van der Waals surface area contributed by atoms with Crippen LogP contribution in [0.5, 0.6) is 0 Å². The van der Waals surface area contributed by atoms with E-state index in [2.05, 4.69) is 39.1 Å². The summed E-state index contributed by atoms with van der Waals surface area (Å²) in [6, 6.07) is 1.83. The first-order chi connectivity index (χ1) is 11.0. The molecule has 0 aliphatic heterocycles. The lowest BCUT2D eigenvalue weighted by Gasteiger charge is -2.20. The Morgan fingerprint density at radius 2 is 2.26 bits per heavy atom. The monoisotopic (exact) mass is 313 g/mol. The molecule has 2 N–H and O–H groups in total. The number of rotatable bonds is 4. The lowest BCUT2D eigenvalue weighted by atomic mass is 9.89. The number of hydrogen-bond donors (Lipinski definition) is 2. The molecule has 1 aliphatic carbocycles. The molecule has 3 rings (SSSR count). The summed E-state index contributed by atoms with van der Waals surface area (Å²) in [7, 11) is 0. The summed E-state index contributed by atoms with van der Waals surface area (Å²) < 4.78 is 0. The molecule has 0 bridgehead atoms. The van der Waals surface area contributed by atoms with Crippen molar-refractivity contribution in [2.75, 3.05) is 0 Å². The van der Waals surface area contributed by atoms with Gasteiger partial charge in [0.15, 0.2) is 0 Å². The quantitative estimate of drug-likeness (QED) is 0.905. The highest BCUT2D eigenvalue weighted by molar-refractivity contribution is 5.79. The number of carbonyl (C=O) groups excluding carboxylic acids is 1.